The third kappa shape index (κ3) is 3.00. The molecule has 0 saturated carbocycles. The van der Waals surface area contributed by atoms with Crippen LogP contribution in [0.5, 0.6) is 0 Å². The molecule has 0 aromatic carbocycles. The van der Waals surface area contributed by atoms with Crippen molar-refractivity contribution in [1.82, 2.24) is 4.98 Å². The van der Waals surface area contributed by atoms with Crippen molar-refractivity contribution in [3.05, 3.63) is 22.9 Å². The fraction of sp³-hybridized carbons (Fsp3) is 0.571. The van der Waals surface area contributed by atoms with E-state index in [-0.39, 0.29) is 42.4 Å². The van der Waals surface area contributed by atoms with Crippen LogP contribution in [0.4, 0.5) is 23.4 Å². The number of pyridine rings is 1. The maximum Gasteiger partial charge on any atom is 0.418 e. The molecule has 0 spiro atoms. The Hall–Kier alpha value is -1.86. The van der Waals surface area contributed by atoms with E-state index in [0.717, 1.165) is 0 Å². The van der Waals surface area contributed by atoms with Gasteiger partial charge in [0.1, 0.15) is 12.0 Å². The predicted molar refractivity (Wildman–Crippen MR) is 73.4 cm³/mol. The molecule has 2 rings (SSSR count). The number of hydrogen-bond acceptors (Lipinski definition) is 3. The van der Waals surface area contributed by atoms with Crippen LogP contribution in [0.3, 0.4) is 0 Å². The minimum Gasteiger partial charge on any atom is -0.365 e. The molecule has 4 nitrogen and oxygen atoms in total. The zero-order valence-corrected chi connectivity index (χ0v) is 12.2. The van der Waals surface area contributed by atoms with Crippen LogP contribution in [0.15, 0.2) is 6.20 Å². The van der Waals surface area contributed by atoms with E-state index in [1.165, 1.54) is 6.92 Å². The first kappa shape index (κ1) is 16.5. The highest BCUT2D eigenvalue weighted by atomic mass is 19.4. The van der Waals surface area contributed by atoms with E-state index in [1.807, 2.05) is 0 Å². The van der Waals surface area contributed by atoms with Crippen molar-refractivity contribution in [2.45, 2.75) is 32.6 Å². The second-order valence-corrected chi connectivity index (χ2v) is 5.59. The van der Waals surface area contributed by atoms with Gasteiger partial charge in [-0.1, -0.05) is 6.92 Å². The molecule has 1 aliphatic rings. The number of halogens is 4. The van der Waals surface area contributed by atoms with Crippen LogP contribution in [0, 0.1) is 12.8 Å². The number of nitrogens with zero attached hydrogens (tertiary/aromatic N) is 2. The minimum absolute atomic E-state index is 0.0942. The fourth-order valence-corrected chi connectivity index (χ4v) is 2.72. The summed E-state index contributed by atoms with van der Waals surface area (Å²) in [7, 11) is 0. The average Bonchev–Trinajstić information content (AvgIpc) is 2.39. The maximum atomic E-state index is 13.5. The number of carbonyl (C=O) groups is 1. The summed E-state index contributed by atoms with van der Waals surface area (Å²) < 4.78 is 52.3. The third-order valence-electron chi connectivity index (χ3n) is 3.97. The summed E-state index contributed by atoms with van der Waals surface area (Å²) in [6.45, 7) is 3.46. The first-order chi connectivity index (χ1) is 10.1. The van der Waals surface area contributed by atoms with Gasteiger partial charge in [0.05, 0.1) is 11.1 Å². The number of alkyl halides is 4. The summed E-state index contributed by atoms with van der Waals surface area (Å²) >= 11 is 0. The normalized spacial score (nSPS) is 22.7. The summed E-state index contributed by atoms with van der Waals surface area (Å²) in [6, 6.07) is 0. The van der Waals surface area contributed by atoms with Gasteiger partial charge in [-0.15, -0.1) is 0 Å². The molecule has 122 valence electrons. The SMILES string of the molecule is Cc1c(C(F)(F)F)cnc(N2CCC(F)[C@H](C)C2)c1C(N)=O. The molecule has 1 aromatic heterocycles. The molecule has 22 heavy (non-hydrogen) atoms. The van der Waals surface area contributed by atoms with E-state index in [2.05, 4.69) is 4.98 Å². The van der Waals surface area contributed by atoms with Gasteiger partial charge in [-0.3, -0.25) is 4.79 Å². The number of anilines is 1. The molecule has 8 heteroatoms. The number of primary amides is 1. The van der Waals surface area contributed by atoms with Crippen molar-refractivity contribution in [3.63, 3.8) is 0 Å². The van der Waals surface area contributed by atoms with Gasteiger partial charge in [-0.05, 0) is 18.9 Å². The van der Waals surface area contributed by atoms with Gasteiger partial charge in [-0.2, -0.15) is 13.2 Å². The van der Waals surface area contributed by atoms with Crippen molar-refractivity contribution in [1.29, 1.82) is 0 Å². The summed E-state index contributed by atoms with van der Waals surface area (Å²) in [5, 5.41) is 0. The molecule has 1 aliphatic heterocycles. The largest absolute Gasteiger partial charge is 0.418 e. The molecule has 2 heterocycles. The average molecular weight is 319 g/mol. The third-order valence-corrected chi connectivity index (χ3v) is 3.97. The molecule has 0 aliphatic carbocycles. The topological polar surface area (TPSA) is 59.2 Å². The van der Waals surface area contributed by atoms with Crippen LogP contribution in [0.1, 0.15) is 34.8 Å². The van der Waals surface area contributed by atoms with Gasteiger partial charge in [-0.25, -0.2) is 9.37 Å². The van der Waals surface area contributed by atoms with Crippen LogP contribution < -0.4 is 10.6 Å². The van der Waals surface area contributed by atoms with E-state index in [4.69, 9.17) is 5.73 Å². The lowest BCUT2D eigenvalue weighted by Gasteiger charge is -2.35. The Labute approximate surface area is 125 Å². The molecule has 1 aromatic rings. The molecule has 1 fully saturated rings. The first-order valence-corrected chi connectivity index (χ1v) is 6.88. The summed E-state index contributed by atoms with van der Waals surface area (Å²) in [6.07, 6.45) is -4.65. The monoisotopic (exact) mass is 319 g/mol. The zero-order chi connectivity index (χ0) is 16.7. The molecule has 1 unspecified atom stereocenters. The van der Waals surface area contributed by atoms with E-state index in [9.17, 15) is 22.4 Å². The van der Waals surface area contributed by atoms with Crippen molar-refractivity contribution in [2.75, 3.05) is 18.0 Å². The van der Waals surface area contributed by atoms with E-state index >= 15 is 0 Å². The first-order valence-electron chi connectivity index (χ1n) is 6.88. The standard InChI is InChI=1S/C14H17F4N3O/c1-7-6-21(4-3-10(7)15)13-11(12(19)22)8(2)9(5-20-13)14(16,17)18/h5,7,10H,3-4,6H2,1-2H3,(H2,19,22)/t7-,10?/m1/s1. The summed E-state index contributed by atoms with van der Waals surface area (Å²) in [5.41, 5.74) is 3.76. The Kier molecular flexibility index (Phi) is 4.30. The van der Waals surface area contributed by atoms with Crippen molar-refractivity contribution in [3.8, 4) is 0 Å². The van der Waals surface area contributed by atoms with E-state index in [0.29, 0.717) is 6.20 Å². The number of nitrogens with two attached hydrogens (primary N) is 1. The zero-order valence-electron chi connectivity index (χ0n) is 12.2. The Bertz CT molecular complexity index is 588. The van der Waals surface area contributed by atoms with Gasteiger partial charge in [0.15, 0.2) is 0 Å². The lowest BCUT2D eigenvalue weighted by Crippen LogP contribution is -2.42. The van der Waals surface area contributed by atoms with Crippen LogP contribution in [-0.4, -0.2) is 30.2 Å². The lowest BCUT2D eigenvalue weighted by molar-refractivity contribution is -0.138. The maximum absolute atomic E-state index is 13.5. The molecule has 1 amide bonds. The quantitative estimate of drug-likeness (QED) is 0.853. The molecular formula is C14H17F4N3O. The highest BCUT2D eigenvalue weighted by molar-refractivity contribution is 5.99. The van der Waals surface area contributed by atoms with Gasteiger partial charge < -0.3 is 10.6 Å². The van der Waals surface area contributed by atoms with Crippen molar-refractivity contribution in [2.24, 2.45) is 11.7 Å². The predicted octanol–water partition coefficient (Wildman–Crippen LogP) is 2.69. The van der Waals surface area contributed by atoms with Crippen LogP contribution in [0.2, 0.25) is 0 Å². The van der Waals surface area contributed by atoms with Crippen LogP contribution in [0.25, 0.3) is 0 Å². The van der Waals surface area contributed by atoms with Gasteiger partial charge >= 0.3 is 6.18 Å². The molecule has 0 bridgehead atoms. The Morgan fingerprint density at radius 1 is 1.45 bits per heavy atom. The van der Waals surface area contributed by atoms with Gasteiger partial charge in [0, 0.05) is 25.2 Å². The summed E-state index contributed by atoms with van der Waals surface area (Å²) in [4.78, 5) is 17.0. The molecule has 1 saturated heterocycles. The number of rotatable bonds is 2. The van der Waals surface area contributed by atoms with Gasteiger partial charge in [0.25, 0.3) is 5.91 Å². The van der Waals surface area contributed by atoms with E-state index in [1.54, 1.807) is 11.8 Å². The van der Waals surface area contributed by atoms with Crippen LogP contribution in [-0.2, 0) is 6.18 Å². The Balaban J connectivity index is 2.49. The number of aromatic nitrogens is 1. The van der Waals surface area contributed by atoms with Gasteiger partial charge in [0.2, 0.25) is 0 Å². The number of amides is 1. The molecular weight excluding hydrogens is 302 g/mol. The van der Waals surface area contributed by atoms with Crippen molar-refractivity contribution >= 4 is 11.7 Å². The lowest BCUT2D eigenvalue weighted by atomic mass is 9.96. The van der Waals surface area contributed by atoms with E-state index < -0.39 is 23.8 Å². The minimum atomic E-state index is -4.61. The second-order valence-electron chi connectivity index (χ2n) is 5.59. The molecule has 0 radical (unpaired) electrons. The Morgan fingerprint density at radius 2 is 2.09 bits per heavy atom. The molecule has 2 N–H and O–H groups in total. The fourth-order valence-electron chi connectivity index (χ4n) is 2.72. The number of hydrogen-bond donors (Lipinski definition) is 1. The second kappa shape index (κ2) is 5.73. The molecule has 2 atom stereocenters. The van der Waals surface area contributed by atoms with Crippen molar-refractivity contribution < 1.29 is 22.4 Å². The number of carbonyl (C=O) groups excluding carboxylic acids is 1. The summed E-state index contributed by atoms with van der Waals surface area (Å²) in [5.74, 6) is -1.17. The highest BCUT2D eigenvalue weighted by Crippen LogP contribution is 2.36. The number of piperidine rings is 1. The smallest absolute Gasteiger partial charge is 0.365 e. The Morgan fingerprint density at radius 3 is 2.59 bits per heavy atom. The van der Waals surface area contributed by atoms with Crippen LogP contribution >= 0.6 is 0 Å². The highest BCUT2D eigenvalue weighted by Gasteiger charge is 2.36.